The maximum atomic E-state index is 12.9. The first-order valence-corrected chi connectivity index (χ1v) is 10.6. The molecule has 3 heterocycles. The maximum absolute atomic E-state index is 12.9. The van der Waals surface area contributed by atoms with Crippen LogP contribution in [0.4, 0.5) is 0 Å². The van der Waals surface area contributed by atoms with Gasteiger partial charge in [-0.15, -0.1) is 0 Å². The first-order chi connectivity index (χ1) is 12.6. The zero-order valence-corrected chi connectivity index (χ0v) is 16.3. The number of pyridine rings is 1. The van der Waals surface area contributed by atoms with Crippen molar-refractivity contribution in [2.45, 2.75) is 39.2 Å². The van der Waals surface area contributed by atoms with Crippen molar-refractivity contribution >= 4 is 10.2 Å². The van der Waals surface area contributed by atoms with Crippen LogP contribution in [-0.4, -0.2) is 57.7 Å². The summed E-state index contributed by atoms with van der Waals surface area (Å²) >= 11 is 0. The fraction of sp³-hybridized carbons (Fsp3) is 0.556. The molecule has 1 aliphatic rings. The van der Waals surface area contributed by atoms with Crippen molar-refractivity contribution in [1.29, 1.82) is 0 Å². The topological polar surface area (TPSA) is 71.3 Å². The van der Waals surface area contributed by atoms with Crippen molar-refractivity contribution in [1.82, 2.24) is 23.1 Å². The Labute approximate surface area is 155 Å². The summed E-state index contributed by atoms with van der Waals surface area (Å²) in [5.74, 6) is 1.06. The molecule has 1 atom stereocenters. The predicted molar refractivity (Wildman–Crippen MR) is 101 cm³/mol. The molecule has 0 aromatic carbocycles. The van der Waals surface area contributed by atoms with Gasteiger partial charge in [0.15, 0.2) is 0 Å². The largest absolute Gasteiger partial charge is 0.330 e. The van der Waals surface area contributed by atoms with Gasteiger partial charge in [-0.3, -0.25) is 4.98 Å². The van der Waals surface area contributed by atoms with Crippen LogP contribution in [0.3, 0.4) is 0 Å². The van der Waals surface area contributed by atoms with Crippen molar-refractivity contribution in [3.63, 3.8) is 0 Å². The van der Waals surface area contributed by atoms with E-state index in [1.54, 1.807) is 16.7 Å². The molecule has 1 fully saturated rings. The van der Waals surface area contributed by atoms with Gasteiger partial charge < -0.3 is 4.57 Å². The van der Waals surface area contributed by atoms with Crippen molar-refractivity contribution < 1.29 is 8.42 Å². The summed E-state index contributed by atoms with van der Waals surface area (Å²) in [5.41, 5.74) is 1.11. The molecular formula is C18H27N5O2S. The van der Waals surface area contributed by atoms with Crippen LogP contribution >= 0.6 is 0 Å². The number of piperidine rings is 1. The molecule has 8 heteroatoms. The van der Waals surface area contributed by atoms with Gasteiger partial charge in [-0.1, -0.05) is 19.9 Å². The first kappa shape index (κ1) is 19.0. The Hall–Kier alpha value is -1.77. The standard InChI is InChI=1S/C18H27N5O2S/c1-3-22(4-2)26(24,25)23-11-6-8-17(15-23)18-20-10-12-21(18)14-16-7-5-9-19-13-16/h5,7,9-10,12-13,17H,3-4,6,8,11,14-15H2,1-2H3/t17-/m0/s1. The lowest BCUT2D eigenvalue weighted by Gasteiger charge is -2.34. The smallest absolute Gasteiger partial charge is 0.281 e. The predicted octanol–water partition coefficient (Wildman–Crippen LogP) is 2.09. The second-order valence-electron chi connectivity index (χ2n) is 6.56. The molecule has 0 spiro atoms. The zero-order valence-electron chi connectivity index (χ0n) is 15.5. The van der Waals surface area contributed by atoms with Crippen molar-refractivity contribution in [2.75, 3.05) is 26.2 Å². The molecule has 2 aromatic rings. The SMILES string of the molecule is CCN(CC)S(=O)(=O)N1CCC[C@H](c2nccn2Cc2cccnc2)C1. The molecule has 1 saturated heterocycles. The summed E-state index contributed by atoms with van der Waals surface area (Å²) in [6, 6.07) is 3.96. The maximum Gasteiger partial charge on any atom is 0.281 e. The second-order valence-corrected chi connectivity index (χ2v) is 8.49. The first-order valence-electron chi connectivity index (χ1n) is 9.21. The highest BCUT2D eigenvalue weighted by molar-refractivity contribution is 7.86. The molecule has 0 saturated carbocycles. The third-order valence-corrected chi connectivity index (χ3v) is 7.08. The van der Waals surface area contributed by atoms with Crippen molar-refractivity contribution in [2.24, 2.45) is 0 Å². The third kappa shape index (κ3) is 3.97. The molecule has 26 heavy (non-hydrogen) atoms. The highest BCUT2D eigenvalue weighted by Gasteiger charge is 2.34. The van der Waals surface area contributed by atoms with E-state index < -0.39 is 10.2 Å². The lowest BCUT2D eigenvalue weighted by atomic mass is 9.99. The van der Waals surface area contributed by atoms with E-state index in [9.17, 15) is 8.42 Å². The molecule has 0 N–H and O–H groups in total. The van der Waals surface area contributed by atoms with E-state index >= 15 is 0 Å². The summed E-state index contributed by atoms with van der Waals surface area (Å²) in [6.07, 6.45) is 9.17. The summed E-state index contributed by atoms with van der Waals surface area (Å²) in [6.45, 7) is 6.52. The monoisotopic (exact) mass is 377 g/mol. The van der Waals surface area contributed by atoms with Gasteiger partial charge in [0, 0.05) is 56.9 Å². The van der Waals surface area contributed by atoms with Gasteiger partial charge >= 0.3 is 0 Å². The average Bonchev–Trinajstić information content (AvgIpc) is 3.11. The van der Waals surface area contributed by atoms with Gasteiger partial charge in [0.2, 0.25) is 0 Å². The molecular weight excluding hydrogens is 350 g/mol. The van der Waals surface area contributed by atoms with E-state index in [-0.39, 0.29) is 5.92 Å². The molecule has 7 nitrogen and oxygen atoms in total. The van der Waals surface area contributed by atoms with Crippen LogP contribution in [0.25, 0.3) is 0 Å². The minimum atomic E-state index is -3.40. The molecule has 0 unspecified atom stereocenters. The molecule has 0 aliphatic carbocycles. The van der Waals surface area contributed by atoms with E-state index in [2.05, 4.69) is 14.5 Å². The van der Waals surface area contributed by atoms with Gasteiger partial charge in [0.1, 0.15) is 5.82 Å². The quantitative estimate of drug-likeness (QED) is 0.741. The number of rotatable bonds is 7. The summed E-state index contributed by atoms with van der Waals surface area (Å²) in [4.78, 5) is 8.71. The van der Waals surface area contributed by atoms with Gasteiger partial charge in [0.05, 0.1) is 6.54 Å². The van der Waals surface area contributed by atoms with E-state index in [1.807, 2.05) is 38.4 Å². The van der Waals surface area contributed by atoms with Crippen LogP contribution in [0.2, 0.25) is 0 Å². The van der Waals surface area contributed by atoms with Crippen LogP contribution in [0, 0.1) is 0 Å². The van der Waals surface area contributed by atoms with Crippen LogP contribution in [-0.2, 0) is 16.8 Å². The molecule has 0 bridgehead atoms. The Morgan fingerprint density at radius 1 is 1.27 bits per heavy atom. The van der Waals surface area contributed by atoms with Crippen LogP contribution in [0.1, 0.15) is 44.0 Å². The molecule has 0 radical (unpaired) electrons. The van der Waals surface area contributed by atoms with Crippen LogP contribution in [0.15, 0.2) is 36.9 Å². The van der Waals surface area contributed by atoms with Crippen LogP contribution in [0.5, 0.6) is 0 Å². The highest BCUT2D eigenvalue weighted by Crippen LogP contribution is 2.28. The Morgan fingerprint density at radius 2 is 2.08 bits per heavy atom. The number of nitrogens with zero attached hydrogens (tertiary/aromatic N) is 5. The second kappa shape index (κ2) is 8.28. The Kier molecular flexibility index (Phi) is 6.05. The Morgan fingerprint density at radius 3 is 2.77 bits per heavy atom. The molecule has 1 aliphatic heterocycles. The minimum Gasteiger partial charge on any atom is -0.330 e. The number of imidazole rings is 1. The number of hydrogen-bond donors (Lipinski definition) is 0. The molecule has 0 amide bonds. The summed E-state index contributed by atoms with van der Waals surface area (Å²) in [7, 11) is -3.40. The molecule has 3 rings (SSSR count). The van der Waals surface area contributed by atoms with Crippen LogP contribution < -0.4 is 0 Å². The Bertz CT molecular complexity index is 802. The van der Waals surface area contributed by atoms with E-state index in [4.69, 9.17) is 0 Å². The number of hydrogen-bond acceptors (Lipinski definition) is 4. The lowest BCUT2D eigenvalue weighted by Crippen LogP contribution is -2.47. The van der Waals surface area contributed by atoms with E-state index in [1.165, 1.54) is 4.31 Å². The molecule has 2 aromatic heterocycles. The van der Waals surface area contributed by atoms with Gasteiger partial charge in [-0.05, 0) is 24.5 Å². The van der Waals surface area contributed by atoms with Gasteiger partial charge in [0.25, 0.3) is 10.2 Å². The van der Waals surface area contributed by atoms with Crippen molar-refractivity contribution in [3.8, 4) is 0 Å². The normalized spacial score (nSPS) is 19.1. The zero-order chi connectivity index (χ0) is 18.6. The van der Waals surface area contributed by atoms with E-state index in [0.29, 0.717) is 32.7 Å². The fourth-order valence-corrected chi connectivity index (χ4v) is 5.29. The third-order valence-electron chi connectivity index (χ3n) is 4.93. The highest BCUT2D eigenvalue weighted by atomic mass is 32.2. The lowest BCUT2D eigenvalue weighted by molar-refractivity contribution is 0.280. The fourth-order valence-electron chi connectivity index (χ4n) is 3.58. The van der Waals surface area contributed by atoms with Gasteiger partial charge in [-0.2, -0.15) is 17.0 Å². The summed E-state index contributed by atoms with van der Waals surface area (Å²) in [5, 5.41) is 0. The molecule has 142 valence electrons. The Balaban J connectivity index is 1.78. The summed E-state index contributed by atoms with van der Waals surface area (Å²) < 4.78 is 31.0. The average molecular weight is 378 g/mol. The number of aromatic nitrogens is 3. The van der Waals surface area contributed by atoms with E-state index in [0.717, 1.165) is 24.2 Å². The van der Waals surface area contributed by atoms with Crippen molar-refractivity contribution in [3.05, 3.63) is 48.3 Å². The minimum absolute atomic E-state index is 0.112. The van der Waals surface area contributed by atoms with Gasteiger partial charge in [-0.25, -0.2) is 4.98 Å².